The smallest absolute Gasteiger partial charge is 0.230 e. The summed E-state index contributed by atoms with van der Waals surface area (Å²) in [6.07, 6.45) is 6.27. The first kappa shape index (κ1) is 17.7. The highest BCUT2D eigenvalue weighted by atomic mass is 16.2. The van der Waals surface area contributed by atoms with Crippen molar-refractivity contribution < 1.29 is 4.79 Å². The highest BCUT2D eigenvalue weighted by molar-refractivity contribution is 5.86. The lowest BCUT2D eigenvalue weighted by Crippen LogP contribution is -2.41. The molecule has 4 rings (SSSR count). The van der Waals surface area contributed by atoms with Crippen LogP contribution in [0.1, 0.15) is 36.9 Å². The van der Waals surface area contributed by atoms with E-state index in [-0.39, 0.29) is 10.8 Å². The SMILES string of the molecule is Cc1cnc(N2CCC3(CCN(C(=O)C4(CN(C)C)CC4)C3)C2)nc1C. The van der Waals surface area contributed by atoms with E-state index in [9.17, 15) is 4.79 Å². The number of carbonyl (C=O) groups excluding carboxylic acids is 1. The van der Waals surface area contributed by atoms with Gasteiger partial charge < -0.3 is 14.7 Å². The fourth-order valence-electron chi connectivity index (χ4n) is 4.75. The van der Waals surface area contributed by atoms with Crippen LogP contribution < -0.4 is 4.90 Å². The van der Waals surface area contributed by atoms with E-state index in [2.05, 4.69) is 38.8 Å². The summed E-state index contributed by atoms with van der Waals surface area (Å²) in [5.74, 6) is 1.24. The molecule has 1 unspecified atom stereocenters. The number of hydrogen-bond acceptors (Lipinski definition) is 5. The standard InChI is InChI=1S/C20H31N5O/c1-15-11-21-18(22-16(15)2)25-10-8-19(13-25)7-9-24(12-19)17(26)20(5-6-20)14-23(3)4/h11H,5-10,12-14H2,1-4H3. The van der Waals surface area contributed by atoms with Crippen LogP contribution in [0.3, 0.4) is 0 Å². The predicted octanol–water partition coefficient (Wildman–Crippen LogP) is 1.86. The van der Waals surface area contributed by atoms with Crippen molar-refractivity contribution in [2.75, 3.05) is 51.7 Å². The summed E-state index contributed by atoms with van der Waals surface area (Å²) in [6.45, 7) is 8.76. The van der Waals surface area contributed by atoms with Gasteiger partial charge in [-0.1, -0.05) is 0 Å². The molecule has 1 amide bonds. The minimum Gasteiger partial charge on any atom is -0.342 e. The molecule has 1 atom stereocenters. The lowest BCUT2D eigenvalue weighted by atomic mass is 9.86. The number of hydrogen-bond donors (Lipinski definition) is 0. The number of nitrogens with zero attached hydrogens (tertiary/aromatic N) is 5. The molecule has 0 radical (unpaired) electrons. The summed E-state index contributed by atoms with van der Waals surface area (Å²) in [6, 6.07) is 0. The molecule has 6 nitrogen and oxygen atoms in total. The quantitative estimate of drug-likeness (QED) is 0.823. The molecule has 142 valence electrons. The topological polar surface area (TPSA) is 52.6 Å². The zero-order chi connectivity index (χ0) is 18.5. The zero-order valence-corrected chi connectivity index (χ0v) is 16.6. The highest BCUT2D eigenvalue weighted by Gasteiger charge is 2.55. The molecular formula is C20H31N5O. The van der Waals surface area contributed by atoms with E-state index in [1.807, 2.05) is 20.0 Å². The van der Waals surface area contributed by atoms with Gasteiger partial charge in [-0.3, -0.25) is 4.79 Å². The Balaban J connectivity index is 1.42. The van der Waals surface area contributed by atoms with E-state index >= 15 is 0 Å². The summed E-state index contributed by atoms with van der Waals surface area (Å²) in [4.78, 5) is 28.9. The number of rotatable bonds is 4. The van der Waals surface area contributed by atoms with Crippen molar-refractivity contribution in [2.45, 2.75) is 39.5 Å². The van der Waals surface area contributed by atoms with Gasteiger partial charge in [0.1, 0.15) is 0 Å². The van der Waals surface area contributed by atoms with E-state index < -0.39 is 0 Å². The van der Waals surface area contributed by atoms with Crippen molar-refractivity contribution >= 4 is 11.9 Å². The van der Waals surface area contributed by atoms with Gasteiger partial charge in [-0.05, 0) is 59.2 Å². The fraction of sp³-hybridized carbons (Fsp3) is 0.750. The van der Waals surface area contributed by atoms with Crippen LogP contribution in [0.5, 0.6) is 0 Å². The van der Waals surface area contributed by atoms with Crippen LogP contribution in [-0.2, 0) is 4.79 Å². The minimum atomic E-state index is -0.0928. The third-order valence-electron chi connectivity index (χ3n) is 6.58. The van der Waals surface area contributed by atoms with E-state index in [0.29, 0.717) is 5.91 Å². The maximum atomic E-state index is 13.1. The van der Waals surface area contributed by atoms with E-state index in [1.165, 1.54) is 0 Å². The van der Waals surface area contributed by atoms with Crippen LogP contribution in [0.2, 0.25) is 0 Å². The van der Waals surface area contributed by atoms with Crippen molar-refractivity contribution in [3.8, 4) is 0 Å². The fourth-order valence-corrected chi connectivity index (χ4v) is 4.75. The third kappa shape index (κ3) is 3.08. The third-order valence-corrected chi connectivity index (χ3v) is 6.58. The molecule has 0 aromatic carbocycles. The Kier molecular flexibility index (Phi) is 4.21. The maximum absolute atomic E-state index is 13.1. The van der Waals surface area contributed by atoms with Gasteiger partial charge in [0.15, 0.2) is 0 Å². The second-order valence-corrected chi connectivity index (χ2v) is 9.10. The molecular weight excluding hydrogens is 326 g/mol. The molecule has 2 saturated heterocycles. The van der Waals surface area contributed by atoms with Gasteiger partial charge in [-0.25, -0.2) is 9.97 Å². The molecule has 1 aliphatic carbocycles. The molecule has 3 aliphatic rings. The van der Waals surface area contributed by atoms with Crippen molar-refractivity contribution in [3.05, 3.63) is 17.5 Å². The van der Waals surface area contributed by atoms with Crippen LogP contribution in [0.15, 0.2) is 6.20 Å². The average Bonchev–Trinajstić information content (AvgIpc) is 3.07. The molecule has 2 aliphatic heterocycles. The van der Waals surface area contributed by atoms with Crippen LogP contribution in [0.4, 0.5) is 5.95 Å². The van der Waals surface area contributed by atoms with Crippen LogP contribution >= 0.6 is 0 Å². The molecule has 1 spiro atoms. The lowest BCUT2D eigenvalue weighted by Gasteiger charge is -2.28. The number of amides is 1. The van der Waals surface area contributed by atoms with Crippen LogP contribution in [0, 0.1) is 24.7 Å². The number of carbonyl (C=O) groups is 1. The molecule has 0 bridgehead atoms. The Morgan fingerprint density at radius 3 is 2.54 bits per heavy atom. The molecule has 3 fully saturated rings. The summed E-state index contributed by atoms with van der Waals surface area (Å²) in [5.41, 5.74) is 2.32. The first-order valence-corrected chi connectivity index (χ1v) is 9.82. The molecule has 1 aromatic heterocycles. The van der Waals surface area contributed by atoms with Gasteiger partial charge >= 0.3 is 0 Å². The number of aryl methyl sites for hydroxylation is 2. The van der Waals surface area contributed by atoms with Gasteiger partial charge in [0.2, 0.25) is 11.9 Å². The number of likely N-dealkylation sites (tertiary alicyclic amines) is 1. The minimum absolute atomic E-state index is 0.0928. The Labute approximate surface area is 156 Å². The van der Waals surface area contributed by atoms with Gasteiger partial charge in [0.25, 0.3) is 0 Å². The predicted molar refractivity (Wildman–Crippen MR) is 102 cm³/mol. The van der Waals surface area contributed by atoms with Gasteiger partial charge in [0, 0.05) is 50.0 Å². The monoisotopic (exact) mass is 357 g/mol. The first-order valence-electron chi connectivity index (χ1n) is 9.82. The molecule has 0 N–H and O–H groups in total. The van der Waals surface area contributed by atoms with Gasteiger partial charge in [-0.15, -0.1) is 0 Å². The van der Waals surface area contributed by atoms with Crippen molar-refractivity contribution in [2.24, 2.45) is 10.8 Å². The van der Waals surface area contributed by atoms with E-state index in [1.54, 1.807) is 0 Å². The summed E-state index contributed by atoms with van der Waals surface area (Å²) in [5, 5.41) is 0. The zero-order valence-electron chi connectivity index (χ0n) is 16.6. The Morgan fingerprint density at radius 1 is 1.15 bits per heavy atom. The number of aromatic nitrogens is 2. The molecule has 1 saturated carbocycles. The van der Waals surface area contributed by atoms with Crippen molar-refractivity contribution in [3.63, 3.8) is 0 Å². The first-order chi connectivity index (χ1) is 12.3. The van der Waals surface area contributed by atoms with E-state index in [0.717, 1.165) is 75.6 Å². The number of anilines is 1. The van der Waals surface area contributed by atoms with Crippen molar-refractivity contribution in [1.82, 2.24) is 19.8 Å². The maximum Gasteiger partial charge on any atom is 0.230 e. The van der Waals surface area contributed by atoms with Crippen LogP contribution in [-0.4, -0.2) is 72.5 Å². The van der Waals surface area contributed by atoms with Crippen molar-refractivity contribution in [1.29, 1.82) is 0 Å². The lowest BCUT2D eigenvalue weighted by molar-refractivity contribution is -0.136. The normalized spacial score (nSPS) is 27.0. The van der Waals surface area contributed by atoms with Crippen LogP contribution in [0.25, 0.3) is 0 Å². The molecule has 26 heavy (non-hydrogen) atoms. The Morgan fingerprint density at radius 2 is 1.88 bits per heavy atom. The largest absolute Gasteiger partial charge is 0.342 e. The molecule has 1 aromatic rings. The molecule has 6 heteroatoms. The van der Waals surface area contributed by atoms with Gasteiger partial charge in [-0.2, -0.15) is 0 Å². The summed E-state index contributed by atoms with van der Waals surface area (Å²) >= 11 is 0. The highest BCUT2D eigenvalue weighted by Crippen LogP contribution is 2.50. The summed E-state index contributed by atoms with van der Waals surface area (Å²) in [7, 11) is 4.13. The van der Waals surface area contributed by atoms with Gasteiger partial charge in [0.05, 0.1) is 5.41 Å². The second-order valence-electron chi connectivity index (χ2n) is 9.10. The van der Waals surface area contributed by atoms with E-state index in [4.69, 9.17) is 0 Å². The Hall–Kier alpha value is -1.69. The second kappa shape index (κ2) is 6.19. The summed E-state index contributed by atoms with van der Waals surface area (Å²) < 4.78 is 0. The Bertz CT molecular complexity index is 714. The average molecular weight is 358 g/mol. The molecule has 3 heterocycles.